The Morgan fingerprint density at radius 2 is 1.80 bits per heavy atom. The second-order valence-electron chi connectivity index (χ2n) is 3.95. The molecule has 3 nitrogen and oxygen atoms in total. The van der Waals surface area contributed by atoms with Gasteiger partial charge in [0.25, 0.3) is 0 Å². The standard InChI is InChI=1S/C12H19NO2/c1-8-4-9(2)6-11(5-8)15-10(3)12(14)7-13/h4-6,10,12,14H,7,13H2,1-3H3. The van der Waals surface area contributed by atoms with E-state index in [1.165, 1.54) is 0 Å². The number of ether oxygens (including phenoxy) is 1. The molecule has 0 aliphatic heterocycles. The quantitative estimate of drug-likeness (QED) is 0.788. The minimum absolute atomic E-state index is 0.214. The van der Waals surface area contributed by atoms with Crippen molar-refractivity contribution >= 4 is 0 Å². The molecule has 2 atom stereocenters. The molecule has 3 heteroatoms. The lowest BCUT2D eigenvalue weighted by Gasteiger charge is -2.19. The highest BCUT2D eigenvalue weighted by molar-refractivity contribution is 5.33. The van der Waals surface area contributed by atoms with E-state index in [0.717, 1.165) is 16.9 Å². The van der Waals surface area contributed by atoms with Crippen LogP contribution in [0.25, 0.3) is 0 Å². The van der Waals surface area contributed by atoms with E-state index in [1.807, 2.05) is 32.9 Å². The zero-order valence-electron chi connectivity index (χ0n) is 9.53. The van der Waals surface area contributed by atoms with E-state index >= 15 is 0 Å². The predicted molar refractivity (Wildman–Crippen MR) is 61.1 cm³/mol. The maximum absolute atomic E-state index is 9.48. The summed E-state index contributed by atoms with van der Waals surface area (Å²) >= 11 is 0. The highest BCUT2D eigenvalue weighted by Crippen LogP contribution is 2.18. The number of rotatable bonds is 4. The largest absolute Gasteiger partial charge is 0.488 e. The first kappa shape index (κ1) is 12.0. The van der Waals surface area contributed by atoms with Crippen LogP contribution in [0.5, 0.6) is 5.75 Å². The molecule has 0 fully saturated rings. The van der Waals surface area contributed by atoms with E-state index in [-0.39, 0.29) is 12.6 Å². The Kier molecular flexibility index (Phi) is 4.12. The SMILES string of the molecule is Cc1cc(C)cc(OC(C)C(O)CN)c1. The Bertz CT molecular complexity index is 305. The fourth-order valence-corrected chi connectivity index (χ4v) is 1.49. The first-order valence-electron chi connectivity index (χ1n) is 5.16. The van der Waals surface area contributed by atoms with Gasteiger partial charge in [-0.2, -0.15) is 0 Å². The zero-order valence-corrected chi connectivity index (χ0v) is 9.53. The van der Waals surface area contributed by atoms with Crippen LogP contribution in [0.1, 0.15) is 18.1 Å². The van der Waals surface area contributed by atoms with Crippen molar-refractivity contribution in [3.63, 3.8) is 0 Å². The summed E-state index contributed by atoms with van der Waals surface area (Å²) in [4.78, 5) is 0. The first-order chi connectivity index (χ1) is 7.02. The van der Waals surface area contributed by atoms with Gasteiger partial charge in [0, 0.05) is 6.54 Å². The van der Waals surface area contributed by atoms with Gasteiger partial charge in [-0.3, -0.25) is 0 Å². The Hall–Kier alpha value is -1.06. The Morgan fingerprint density at radius 3 is 2.27 bits per heavy atom. The van der Waals surface area contributed by atoms with E-state index < -0.39 is 6.10 Å². The van der Waals surface area contributed by atoms with Gasteiger partial charge in [0.1, 0.15) is 18.0 Å². The minimum Gasteiger partial charge on any atom is -0.488 e. The molecule has 0 spiro atoms. The number of nitrogens with two attached hydrogens (primary N) is 1. The summed E-state index contributed by atoms with van der Waals surface area (Å²) in [7, 11) is 0. The van der Waals surface area contributed by atoms with Gasteiger partial charge in [-0.15, -0.1) is 0 Å². The van der Waals surface area contributed by atoms with Gasteiger partial charge in [0.05, 0.1) is 0 Å². The van der Waals surface area contributed by atoms with Crippen LogP contribution >= 0.6 is 0 Å². The summed E-state index contributed by atoms with van der Waals surface area (Å²) in [5.41, 5.74) is 7.66. The van der Waals surface area contributed by atoms with Gasteiger partial charge in [-0.05, 0) is 44.0 Å². The van der Waals surface area contributed by atoms with E-state index in [9.17, 15) is 5.11 Å². The summed E-state index contributed by atoms with van der Waals surface area (Å²) in [5, 5.41) is 9.48. The molecular formula is C12H19NO2. The van der Waals surface area contributed by atoms with Crippen molar-refractivity contribution in [2.45, 2.75) is 33.0 Å². The molecule has 15 heavy (non-hydrogen) atoms. The second kappa shape index (κ2) is 5.14. The predicted octanol–water partition coefficient (Wildman–Crippen LogP) is 1.39. The molecule has 1 rings (SSSR count). The highest BCUT2D eigenvalue weighted by Gasteiger charge is 2.13. The van der Waals surface area contributed by atoms with E-state index in [1.54, 1.807) is 0 Å². The molecule has 1 aromatic carbocycles. The monoisotopic (exact) mass is 209 g/mol. The summed E-state index contributed by atoms with van der Waals surface area (Å²) in [6.07, 6.45) is -0.901. The molecule has 0 aromatic heterocycles. The highest BCUT2D eigenvalue weighted by atomic mass is 16.5. The Labute approximate surface area is 90.9 Å². The normalized spacial score (nSPS) is 14.7. The number of aliphatic hydroxyl groups is 1. The van der Waals surface area contributed by atoms with E-state index in [0.29, 0.717) is 0 Å². The summed E-state index contributed by atoms with van der Waals surface area (Å²) in [6.45, 7) is 6.06. The van der Waals surface area contributed by atoms with Crippen LogP contribution in [0.15, 0.2) is 18.2 Å². The number of aryl methyl sites for hydroxylation is 2. The average Bonchev–Trinajstić information content (AvgIpc) is 2.14. The average molecular weight is 209 g/mol. The molecular weight excluding hydrogens is 190 g/mol. The maximum atomic E-state index is 9.48. The van der Waals surface area contributed by atoms with Gasteiger partial charge in [0.2, 0.25) is 0 Å². The van der Waals surface area contributed by atoms with Crippen molar-refractivity contribution in [3.05, 3.63) is 29.3 Å². The molecule has 84 valence electrons. The van der Waals surface area contributed by atoms with Crippen LogP contribution in [0.4, 0.5) is 0 Å². The third-order valence-corrected chi connectivity index (χ3v) is 2.30. The topological polar surface area (TPSA) is 55.5 Å². The first-order valence-corrected chi connectivity index (χ1v) is 5.16. The molecule has 0 heterocycles. The van der Waals surface area contributed by atoms with Gasteiger partial charge in [0.15, 0.2) is 0 Å². The zero-order chi connectivity index (χ0) is 11.4. The molecule has 3 N–H and O–H groups in total. The van der Waals surface area contributed by atoms with Gasteiger partial charge < -0.3 is 15.6 Å². The third kappa shape index (κ3) is 3.53. The fourth-order valence-electron chi connectivity index (χ4n) is 1.49. The second-order valence-corrected chi connectivity index (χ2v) is 3.95. The van der Waals surface area contributed by atoms with Crippen LogP contribution in [0, 0.1) is 13.8 Å². The molecule has 0 bridgehead atoms. The van der Waals surface area contributed by atoms with Crippen molar-refractivity contribution in [1.82, 2.24) is 0 Å². The Balaban J connectivity index is 2.72. The fraction of sp³-hybridized carbons (Fsp3) is 0.500. The van der Waals surface area contributed by atoms with Crippen LogP contribution < -0.4 is 10.5 Å². The number of hydrogen-bond acceptors (Lipinski definition) is 3. The van der Waals surface area contributed by atoms with E-state index in [4.69, 9.17) is 10.5 Å². The van der Waals surface area contributed by atoms with E-state index in [2.05, 4.69) is 6.07 Å². The molecule has 0 aliphatic carbocycles. The maximum Gasteiger partial charge on any atom is 0.123 e. The van der Waals surface area contributed by atoms with Crippen molar-refractivity contribution < 1.29 is 9.84 Å². The van der Waals surface area contributed by atoms with Gasteiger partial charge in [-0.25, -0.2) is 0 Å². The lowest BCUT2D eigenvalue weighted by molar-refractivity contribution is 0.0535. The summed E-state index contributed by atoms with van der Waals surface area (Å²) in [6, 6.07) is 5.98. The molecule has 2 unspecified atom stereocenters. The van der Waals surface area contributed by atoms with Crippen molar-refractivity contribution in [2.75, 3.05) is 6.54 Å². The molecule has 0 saturated carbocycles. The van der Waals surface area contributed by atoms with Crippen LogP contribution in [0.3, 0.4) is 0 Å². The van der Waals surface area contributed by atoms with Crippen molar-refractivity contribution in [1.29, 1.82) is 0 Å². The number of hydrogen-bond donors (Lipinski definition) is 2. The van der Waals surface area contributed by atoms with Crippen LogP contribution in [-0.2, 0) is 0 Å². The molecule has 1 aromatic rings. The minimum atomic E-state index is -0.620. The summed E-state index contributed by atoms with van der Waals surface area (Å²) < 4.78 is 5.60. The molecule has 0 radical (unpaired) electrons. The smallest absolute Gasteiger partial charge is 0.123 e. The lowest BCUT2D eigenvalue weighted by atomic mass is 10.1. The van der Waals surface area contributed by atoms with Crippen molar-refractivity contribution in [2.24, 2.45) is 5.73 Å². The third-order valence-electron chi connectivity index (χ3n) is 2.30. The van der Waals surface area contributed by atoms with Gasteiger partial charge in [-0.1, -0.05) is 6.07 Å². The number of benzene rings is 1. The molecule has 0 amide bonds. The van der Waals surface area contributed by atoms with Crippen molar-refractivity contribution in [3.8, 4) is 5.75 Å². The lowest BCUT2D eigenvalue weighted by Crippen LogP contribution is -2.35. The molecule has 0 aliphatic rings. The van der Waals surface area contributed by atoms with Crippen LogP contribution in [-0.4, -0.2) is 23.9 Å². The Morgan fingerprint density at radius 1 is 1.27 bits per heavy atom. The van der Waals surface area contributed by atoms with Gasteiger partial charge >= 0.3 is 0 Å². The number of aliphatic hydroxyl groups excluding tert-OH is 1. The molecule has 0 saturated heterocycles. The summed E-state index contributed by atoms with van der Waals surface area (Å²) in [5.74, 6) is 0.785. The van der Waals surface area contributed by atoms with Crippen LogP contribution in [0.2, 0.25) is 0 Å².